The van der Waals surface area contributed by atoms with Gasteiger partial charge in [-0.05, 0) is 12.1 Å². The number of esters is 1. The Morgan fingerprint density at radius 2 is 1.60 bits per heavy atom. The number of carbonyl (C=O) groups is 1. The molecule has 1 aromatic carbocycles. The van der Waals surface area contributed by atoms with E-state index in [-0.39, 0.29) is 19.3 Å². The van der Waals surface area contributed by atoms with Gasteiger partial charge < -0.3 is 4.74 Å². The molecule has 0 spiro atoms. The van der Waals surface area contributed by atoms with Crippen LogP contribution in [0.15, 0.2) is 30.3 Å². The summed E-state index contributed by atoms with van der Waals surface area (Å²) in [5.41, 5.74) is 0. The largest absolute Gasteiger partial charge is 0.426 e. The molecule has 1 rings (SSSR count). The second-order valence-electron chi connectivity index (χ2n) is 2.89. The lowest BCUT2D eigenvalue weighted by Gasteiger charge is -2.05. The van der Waals surface area contributed by atoms with Gasteiger partial charge >= 0.3 is 5.97 Å². The van der Waals surface area contributed by atoms with Gasteiger partial charge in [-0.2, -0.15) is 0 Å². The highest BCUT2D eigenvalue weighted by molar-refractivity contribution is 5.74. The number of hydrogen-bond acceptors (Lipinski definition) is 2. The van der Waals surface area contributed by atoms with Gasteiger partial charge in [0.25, 0.3) is 0 Å². The maximum atomic E-state index is 11.1. The Labute approximate surface area is 93.3 Å². The van der Waals surface area contributed by atoms with Gasteiger partial charge in [0.1, 0.15) is 5.75 Å². The van der Waals surface area contributed by atoms with E-state index in [2.05, 4.69) is 0 Å². The zero-order valence-electron chi connectivity index (χ0n) is 9.28. The van der Waals surface area contributed by atoms with E-state index in [1.165, 1.54) is 0 Å². The Kier molecular flexibility index (Phi) is 9.95. The molecule has 0 bridgehead atoms. The van der Waals surface area contributed by atoms with E-state index in [1.54, 1.807) is 12.1 Å². The highest BCUT2D eigenvalue weighted by Gasteiger charge is 2.08. The third-order valence-electron chi connectivity index (χ3n) is 1.43. The first-order chi connectivity index (χ1) is 6.70. The molecule has 0 unspecified atom stereocenters. The summed E-state index contributed by atoms with van der Waals surface area (Å²) in [6, 6.07) is 9.08. The molecule has 15 heavy (non-hydrogen) atoms. The van der Waals surface area contributed by atoms with Gasteiger partial charge in [0.05, 0.1) is 5.92 Å². The second kappa shape index (κ2) is 9.25. The minimum Gasteiger partial charge on any atom is -0.426 e. The van der Waals surface area contributed by atoms with Gasteiger partial charge in [-0.1, -0.05) is 53.3 Å². The SMILES string of the molecule is C.CC.CC(C)C(=O)Oc1ccccc1. The second-order valence-corrected chi connectivity index (χ2v) is 2.89. The quantitative estimate of drug-likeness (QED) is 0.546. The molecule has 0 saturated carbocycles. The Hall–Kier alpha value is -1.31. The van der Waals surface area contributed by atoms with Crippen LogP contribution in [0.4, 0.5) is 0 Å². The topological polar surface area (TPSA) is 26.3 Å². The standard InChI is InChI=1S/C10H12O2.C2H6.CH4/c1-8(2)10(11)12-9-6-4-3-5-7-9;1-2;/h3-8H,1-2H3;1-2H3;1H4. The number of rotatable bonds is 2. The monoisotopic (exact) mass is 210 g/mol. The lowest BCUT2D eigenvalue weighted by Crippen LogP contribution is -2.14. The first kappa shape index (κ1) is 16.1. The zero-order chi connectivity index (χ0) is 11.0. The van der Waals surface area contributed by atoms with Crippen LogP contribution in [0.5, 0.6) is 5.75 Å². The van der Waals surface area contributed by atoms with Gasteiger partial charge in [0.2, 0.25) is 0 Å². The summed E-state index contributed by atoms with van der Waals surface area (Å²) in [5.74, 6) is 0.336. The lowest BCUT2D eigenvalue weighted by atomic mass is 10.2. The van der Waals surface area contributed by atoms with Crippen LogP contribution in [0.2, 0.25) is 0 Å². The third-order valence-corrected chi connectivity index (χ3v) is 1.43. The first-order valence-corrected chi connectivity index (χ1v) is 4.97. The number of ether oxygens (including phenoxy) is 1. The maximum absolute atomic E-state index is 11.1. The van der Waals surface area contributed by atoms with E-state index in [4.69, 9.17) is 4.74 Å². The molecule has 0 aliphatic heterocycles. The van der Waals surface area contributed by atoms with Crippen LogP contribution < -0.4 is 4.74 Å². The Morgan fingerprint density at radius 3 is 2.00 bits per heavy atom. The molecule has 2 nitrogen and oxygen atoms in total. The fourth-order valence-corrected chi connectivity index (χ4v) is 0.723. The molecule has 0 fully saturated rings. The van der Waals surface area contributed by atoms with E-state index in [9.17, 15) is 4.79 Å². The van der Waals surface area contributed by atoms with Crippen molar-refractivity contribution in [2.75, 3.05) is 0 Å². The Morgan fingerprint density at radius 1 is 1.13 bits per heavy atom. The third kappa shape index (κ3) is 6.72. The number of benzene rings is 1. The average Bonchev–Trinajstić information content (AvgIpc) is 2.22. The molecule has 0 aliphatic rings. The van der Waals surface area contributed by atoms with Crippen molar-refractivity contribution < 1.29 is 9.53 Å². The fourth-order valence-electron chi connectivity index (χ4n) is 0.723. The van der Waals surface area contributed by atoms with Crippen molar-refractivity contribution in [1.29, 1.82) is 0 Å². The summed E-state index contributed by atoms with van der Waals surface area (Å²) in [7, 11) is 0. The molecular weight excluding hydrogens is 188 g/mol. The van der Waals surface area contributed by atoms with Gasteiger partial charge in [0.15, 0.2) is 0 Å². The van der Waals surface area contributed by atoms with E-state index < -0.39 is 0 Å². The summed E-state index contributed by atoms with van der Waals surface area (Å²) in [4.78, 5) is 11.1. The molecule has 2 heteroatoms. The molecule has 0 aliphatic carbocycles. The molecule has 86 valence electrons. The van der Waals surface area contributed by atoms with Crippen molar-refractivity contribution in [2.24, 2.45) is 5.92 Å². The van der Waals surface area contributed by atoms with Gasteiger partial charge in [-0.15, -0.1) is 0 Å². The number of para-hydroxylation sites is 1. The summed E-state index contributed by atoms with van der Waals surface area (Å²) in [6.45, 7) is 7.62. The molecule has 0 aromatic heterocycles. The van der Waals surface area contributed by atoms with Crippen LogP contribution in [0, 0.1) is 5.92 Å². The molecule has 0 radical (unpaired) electrons. The van der Waals surface area contributed by atoms with Crippen molar-refractivity contribution in [1.82, 2.24) is 0 Å². The van der Waals surface area contributed by atoms with Crippen LogP contribution in [0.1, 0.15) is 35.1 Å². The van der Waals surface area contributed by atoms with Crippen LogP contribution in [-0.2, 0) is 4.79 Å². The van der Waals surface area contributed by atoms with E-state index in [0.29, 0.717) is 5.75 Å². The summed E-state index contributed by atoms with van der Waals surface area (Å²) < 4.78 is 5.04. The fraction of sp³-hybridized carbons (Fsp3) is 0.462. The van der Waals surface area contributed by atoms with Crippen LogP contribution in [0.3, 0.4) is 0 Å². The molecule has 0 amide bonds. The Bertz CT molecular complexity index is 252. The zero-order valence-corrected chi connectivity index (χ0v) is 9.28. The van der Waals surface area contributed by atoms with Crippen molar-refractivity contribution in [2.45, 2.75) is 35.1 Å². The Balaban J connectivity index is 0. The minimum atomic E-state index is -0.193. The summed E-state index contributed by atoms with van der Waals surface area (Å²) in [6.07, 6.45) is 0. The number of hydrogen-bond donors (Lipinski definition) is 0. The molecule has 0 saturated heterocycles. The van der Waals surface area contributed by atoms with Crippen LogP contribution in [0.25, 0.3) is 0 Å². The van der Waals surface area contributed by atoms with Crippen LogP contribution >= 0.6 is 0 Å². The number of carbonyl (C=O) groups excluding carboxylic acids is 1. The molecule has 0 atom stereocenters. The predicted octanol–water partition coefficient (Wildman–Crippen LogP) is 3.91. The lowest BCUT2D eigenvalue weighted by molar-refractivity contribution is -0.137. The molecule has 0 heterocycles. The average molecular weight is 210 g/mol. The van der Waals surface area contributed by atoms with Crippen molar-refractivity contribution >= 4 is 5.97 Å². The maximum Gasteiger partial charge on any atom is 0.313 e. The van der Waals surface area contributed by atoms with Crippen molar-refractivity contribution in [3.63, 3.8) is 0 Å². The predicted molar refractivity (Wildman–Crippen MR) is 65.0 cm³/mol. The van der Waals surface area contributed by atoms with Gasteiger partial charge in [0, 0.05) is 0 Å². The smallest absolute Gasteiger partial charge is 0.313 e. The van der Waals surface area contributed by atoms with Crippen LogP contribution in [-0.4, -0.2) is 5.97 Å². The van der Waals surface area contributed by atoms with Crippen molar-refractivity contribution in [3.8, 4) is 5.75 Å². The normalized spacial score (nSPS) is 8.33. The van der Waals surface area contributed by atoms with E-state index in [1.807, 2.05) is 45.9 Å². The molecule has 0 N–H and O–H groups in total. The first-order valence-electron chi connectivity index (χ1n) is 4.97. The van der Waals surface area contributed by atoms with Gasteiger partial charge in [-0.25, -0.2) is 0 Å². The van der Waals surface area contributed by atoms with E-state index in [0.717, 1.165) is 0 Å². The minimum absolute atomic E-state index is 0. The summed E-state index contributed by atoms with van der Waals surface area (Å²) >= 11 is 0. The van der Waals surface area contributed by atoms with E-state index >= 15 is 0 Å². The highest BCUT2D eigenvalue weighted by Crippen LogP contribution is 2.10. The molecular formula is C13H22O2. The van der Waals surface area contributed by atoms with Crippen molar-refractivity contribution in [3.05, 3.63) is 30.3 Å². The molecule has 1 aromatic rings. The highest BCUT2D eigenvalue weighted by atomic mass is 16.5. The summed E-state index contributed by atoms with van der Waals surface area (Å²) in [5, 5.41) is 0. The van der Waals surface area contributed by atoms with Gasteiger partial charge in [-0.3, -0.25) is 4.79 Å².